The number of aliphatic hydroxyl groups excluding tert-OH is 2. The Hall–Kier alpha value is -4.22. The average molecular weight is 541 g/mol. The van der Waals surface area contributed by atoms with E-state index in [1.807, 2.05) is 12.1 Å². The molecular weight excluding hydrogens is 508 g/mol. The van der Waals surface area contributed by atoms with Gasteiger partial charge in [0.1, 0.15) is 18.5 Å². The van der Waals surface area contributed by atoms with Crippen molar-refractivity contribution in [2.45, 2.75) is 38.7 Å². The van der Waals surface area contributed by atoms with Crippen LogP contribution in [-0.4, -0.2) is 60.1 Å². The molecule has 11 heteroatoms. The fourth-order valence-corrected chi connectivity index (χ4v) is 4.31. The molecule has 2 atom stereocenters. The maximum Gasteiger partial charge on any atom is 0.336 e. The van der Waals surface area contributed by atoms with Crippen molar-refractivity contribution in [3.8, 4) is 5.75 Å². The van der Waals surface area contributed by atoms with Gasteiger partial charge < -0.3 is 29.7 Å². The van der Waals surface area contributed by atoms with E-state index >= 15 is 0 Å². The average Bonchev–Trinajstić information content (AvgIpc) is 2.93. The number of nitrogens with one attached hydrogen (secondary N) is 1. The number of carbonyl (C=O) groups is 2. The van der Waals surface area contributed by atoms with E-state index in [1.54, 1.807) is 32.0 Å². The summed E-state index contributed by atoms with van der Waals surface area (Å²) in [6.07, 6.45) is 0.191. The van der Waals surface area contributed by atoms with Gasteiger partial charge in [-0.15, -0.1) is 0 Å². The summed E-state index contributed by atoms with van der Waals surface area (Å²) < 4.78 is 15.9. The molecule has 0 spiro atoms. The highest BCUT2D eigenvalue weighted by Crippen LogP contribution is 2.40. The van der Waals surface area contributed by atoms with Crippen LogP contribution < -0.4 is 10.1 Å². The zero-order valence-corrected chi connectivity index (χ0v) is 22.0. The van der Waals surface area contributed by atoms with Crippen molar-refractivity contribution in [3.63, 3.8) is 0 Å². The number of aryl methyl sites for hydroxylation is 1. The van der Waals surface area contributed by atoms with Gasteiger partial charge in [0.15, 0.2) is 0 Å². The number of nitrogens with zero attached hydrogens (tertiary/aromatic N) is 1. The van der Waals surface area contributed by atoms with E-state index in [0.29, 0.717) is 35.5 Å². The fraction of sp³-hybridized carbons (Fsp3) is 0.357. The van der Waals surface area contributed by atoms with Crippen molar-refractivity contribution in [1.29, 1.82) is 0 Å². The first kappa shape index (κ1) is 29.3. The molecule has 11 nitrogen and oxygen atoms in total. The summed E-state index contributed by atoms with van der Waals surface area (Å²) in [5, 5.41) is 32.7. The van der Waals surface area contributed by atoms with Crippen molar-refractivity contribution >= 4 is 17.6 Å². The van der Waals surface area contributed by atoms with Gasteiger partial charge in [0, 0.05) is 23.5 Å². The molecule has 2 unspecified atom stereocenters. The SMILES string of the molecule is COC(=O)C1=C(C)NC(C)=C(C(=O)OCCCc2ccc(OCC(O)CO)cc2)C1c1cccc([N+](=O)[O-])c1. The summed E-state index contributed by atoms with van der Waals surface area (Å²) in [4.78, 5) is 36.9. The van der Waals surface area contributed by atoms with E-state index in [2.05, 4.69) is 5.32 Å². The first-order valence-corrected chi connectivity index (χ1v) is 12.3. The minimum absolute atomic E-state index is 0.0142. The van der Waals surface area contributed by atoms with Crippen LogP contribution in [0.4, 0.5) is 5.69 Å². The molecule has 0 aliphatic carbocycles. The Balaban J connectivity index is 1.71. The number of dihydropyridines is 1. The first-order chi connectivity index (χ1) is 18.7. The summed E-state index contributed by atoms with van der Waals surface area (Å²) in [6, 6.07) is 13.0. The molecule has 0 aromatic heterocycles. The van der Waals surface area contributed by atoms with E-state index in [-0.39, 0.29) is 36.7 Å². The molecule has 2 aromatic carbocycles. The highest BCUT2D eigenvalue weighted by atomic mass is 16.6. The second kappa shape index (κ2) is 13.5. The third-order valence-electron chi connectivity index (χ3n) is 6.22. The van der Waals surface area contributed by atoms with Crippen LogP contribution >= 0.6 is 0 Å². The van der Waals surface area contributed by atoms with Gasteiger partial charge in [0.2, 0.25) is 0 Å². The van der Waals surface area contributed by atoms with Gasteiger partial charge >= 0.3 is 11.9 Å². The van der Waals surface area contributed by atoms with Crippen LogP contribution in [0.3, 0.4) is 0 Å². The van der Waals surface area contributed by atoms with Crippen molar-refractivity contribution in [2.24, 2.45) is 0 Å². The first-order valence-electron chi connectivity index (χ1n) is 12.3. The molecule has 0 fully saturated rings. The van der Waals surface area contributed by atoms with Crippen molar-refractivity contribution in [1.82, 2.24) is 5.32 Å². The second-order valence-corrected chi connectivity index (χ2v) is 9.01. The standard InChI is InChI=1S/C28H32N2O9/c1-17-24(27(33)37-3)26(20-7-4-8-21(14-20)30(35)36)25(18(2)29-17)28(34)38-13-5-6-19-9-11-23(12-10-19)39-16-22(32)15-31/h4,7-12,14,22,26,29,31-32H,5-6,13,15-16H2,1-3H3. The van der Waals surface area contributed by atoms with Crippen LogP contribution in [0.1, 0.15) is 37.3 Å². The Bertz CT molecular complexity index is 1270. The topological polar surface area (TPSA) is 157 Å². The zero-order valence-electron chi connectivity index (χ0n) is 22.0. The van der Waals surface area contributed by atoms with Crippen LogP contribution in [0.2, 0.25) is 0 Å². The third kappa shape index (κ3) is 7.43. The van der Waals surface area contributed by atoms with Gasteiger partial charge in [-0.1, -0.05) is 24.3 Å². The molecule has 0 saturated heterocycles. The Morgan fingerprint density at radius 1 is 1.08 bits per heavy atom. The molecule has 208 valence electrons. The molecule has 0 amide bonds. The monoisotopic (exact) mass is 540 g/mol. The number of aliphatic hydroxyl groups is 2. The number of hydrogen-bond acceptors (Lipinski definition) is 10. The molecule has 0 saturated carbocycles. The van der Waals surface area contributed by atoms with Gasteiger partial charge in [0.25, 0.3) is 5.69 Å². The third-order valence-corrected chi connectivity index (χ3v) is 6.22. The molecule has 1 heterocycles. The highest BCUT2D eigenvalue weighted by molar-refractivity contribution is 5.99. The van der Waals surface area contributed by atoms with Gasteiger partial charge in [-0.2, -0.15) is 0 Å². The lowest BCUT2D eigenvalue weighted by Gasteiger charge is -2.30. The Morgan fingerprint density at radius 3 is 2.36 bits per heavy atom. The number of methoxy groups -OCH3 is 1. The van der Waals surface area contributed by atoms with Crippen LogP contribution in [0, 0.1) is 10.1 Å². The van der Waals surface area contributed by atoms with Crippen molar-refractivity contribution in [3.05, 3.63) is 92.3 Å². The van der Waals surface area contributed by atoms with Crippen LogP contribution in [0.15, 0.2) is 71.1 Å². The normalized spacial score (nSPS) is 15.9. The molecular formula is C28H32N2O9. The smallest absolute Gasteiger partial charge is 0.336 e. The lowest BCUT2D eigenvalue weighted by atomic mass is 9.80. The molecule has 0 bridgehead atoms. The largest absolute Gasteiger partial charge is 0.491 e. The minimum Gasteiger partial charge on any atom is -0.491 e. The number of non-ortho nitro benzene ring substituents is 1. The quantitative estimate of drug-likeness (QED) is 0.158. The van der Waals surface area contributed by atoms with E-state index in [9.17, 15) is 24.8 Å². The number of benzene rings is 2. The van der Waals surface area contributed by atoms with Crippen molar-refractivity contribution < 1.29 is 38.9 Å². The number of carbonyl (C=O) groups excluding carboxylic acids is 2. The Kier molecular flexibility index (Phi) is 10.2. The minimum atomic E-state index is -0.947. The number of hydrogen-bond donors (Lipinski definition) is 3. The van der Waals surface area contributed by atoms with E-state index in [0.717, 1.165) is 5.56 Å². The highest BCUT2D eigenvalue weighted by Gasteiger charge is 2.38. The summed E-state index contributed by atoms with van der Waals surface area (Å²) in [6.45, 7) is 3.07. The Labute approximate surface area is 225 Å². The predicted molar refractivity (Wildman–Crippen MR) is 141 cm³/mol. The van der Waals surface area contributed by atoms with Crippen LogP contribution in [0.25, 0.3) is 0 Å². The number of rotatable bonds is 12. The molecule has 1 aliphatic rings. The second-order valence-electron chi connectivity index (χ2n) is 9.01. The number of nitro benzene ring substituents is 1. The van der Waals surface area contributed by atoms with Gasteiger partial charge in [-0.05, 0) is 49.9 Å². The van der Waals surface area contributed by atoms with Gasteiger partial charge in [-0.3, -0.25) is 10.1 Å². The fourth-order valence-electron chi connectivity index (χ4n) is 4.31. The number of nitro groups is 1. The summed E-state index contributed by atoms with van der Waals surface area (Å²) in [5.41, 5.74) is 2.51. The number of allylic oxidation sites excluding steroid dienone is 2. The summed E-state index contributed by atoms with van der Waals surface area (Å²) in [7, 11) is 1.23. The Morgan fingerprint density at radius 2 is 1.74 bits per heavy atom. The van der Waals surface area contributed by atoms with Crippen LogP contribution in [0.5, 0.6) is 5.75 Å². The van der Waals surface area contributed by atoms with Crippen molar-refractivity contribution in [2.75, 3.05) is 26.9 Å². The summed E-state index contributed by atoms with van der Waals surface area (Å²) in [5.74, 6) is -1.66. The van der Waals surface area contributed by atoms with E-state index in [4.69, 9.17) is 19.3 Å². The lowest BCUT2D eigenvalue weighted by molar-refractivity contribution is -0.384. The molecule has 39 heavy (non-hydrogen) atoms. The number of ether oxygens (including phenoxy) is 3. The van der Waals surface area contributed by atoms with E-state index < -0.39 is 28.9 Å². The maximum absolute atomic E-state index is 13.3. The number of esters is 2. The molecule has 3 N–H and O–H groups in total. The van der Waals surface area contributed by atoms with Gasteiger partial charge in [-0.25, -0.2) is 9.59 Å². The summed E-state index contributed by atoms with van der Waals surface area (Å²) >= 11 is 0. The van der Waals surface area contributed by atoms with Crippen LogP contribution in [-0.2, 0) is 25.5 Å². The maximum atomic E-state index is 13.3. The lowest BCUT2D eigenvalue weighted by Crippen LogP contribution is -2.32. The predicted octanol–water partition coefficient (Wildman–Crippen LogP) is 2.91. The van der Waals surface area contributed by atoms with E-state index in [1.165, 1.54) is 25.3 Å². The molecule has 1 aliphatic heterocycles. The molecule has 2 aromatic rings. The molecule has 3 rings (SSSR count). The molecule has 0 radical (unpaired) electrons. The van der Waals surface area contributed by atoms with Gasteiger partial charge in [0.05, 0.1) is 42.3 Å². The zero-order chi connectivity index (χ0) is 28.5.